The minimum atomic E-state index is -1.46. The third-order valence-electron chi connectivity index (χ3n) is 8.38. The second-order valence-electron chi connectivity index (χ2n) is 13.9. The first-order valence-electron chi connectivity index (χ1n) is 16.7. The molecule has 2 aromatic rings. The number of hydrogen-bond donors (Lipinski definition) is 1. The van der Waals surface area contributed by atoms with Crippen molar-refractivity contribution in [1.29, 1.82) is 0 Å². The highest BCUT2D eigenvalue weighted by Crippen LogP contribution is 2.46. The van der Waals surface area contributed by atoms with E-state index in [0.717, 1.165) is 11.8 Å². The van der Waals surface area contributed by atoms with E-state index in [1.807, 2.05) is 33.9 Å². The summed E-state index contributed by atoms with van der Waals surface area (Å²) in [7, 11) is -1.46. The van der Waals surface area contributed by atoms with Crippen molar-refractivity contribution in [3.8, 4) is 0 Å². The van der Waals surface area contributed by atoms with E-state index in [0.29, 0.717) is 23.3 Å². The number of carbonyl (C=O) groups excluding carboxylic acids is 4. The molecular formula is C35H46N4O11SSi. The van der Waals surface area contributed by atoms with E-state index in [1.54, 1.807) is 13.8 Å². The predicted octanol–water partition coefficient (Wildman–Crippen LogP) is 5.91. The molecule has 0 aromatic heterocycles. The molecule has 17 heteroatoms. The van der Waals surface area contributed by atoms with Gasteiger partial charge in [-0.3, -0.25) is 29.8 Å². The van der Waals surface area contributed by atoms with E-state index in [4.69, 9.17) is 13.9 Å². The molecule has 1 heterocycles. The first-order chi connectivity index (χ1) is 24.4. The predicted molar refractivity (Wildman–Crippen MR) is 197 cm³/mol. The summed E-state index contributed by atoms with van der Waals surface area (Å²) in [5, 5.41) is 24.2. The lowest BCUT2D eigenvalue weighted by molar-refractivity contribution is -0.385. The zero-order chi connectivity index (χ0) is 38.7. The lowest BCUT2D eigenvalue weighted by Crippen LogP contribution is -2.66. The number of hydrogen-bond acceptors (Lipinski definition) is 12. The van der Waals surface area contributed by atoms with Crippen LogP contribution >= 0.6 is 11.8 Å². The molecule has 15 nitrogen and oxygen atoms in total. The molecular weight excluding hydrogens is 713 g/mol. The number of likely N-dealkylation sites (tertiary alicyclic amines) is 1. The van der Waals surface area contributed by atoms with Crippen molar-refractivity contribution in [3.63, 3.8) is 0 Å². The van der Waals surface area contributed by atoms with Gasteiger partial charge >= 0.3 is 12.1 Å². The number of nitrogens with zero attached hydrogens (tertiary/aromatic N) is 3. The first-order valence-corrected chi connectivity index (χ1v) is 20.5. The third kappa shape index (κ3) is 11.7. The molecule has 0 unspecified atom stereocenters. The molecule has 0 saturated carbocycles. The number of ether oxygens (including phenoxy) is 2. The Morgan fingerprint density at radius 3 is 1.90 bits per heavy atom. The lowest BCUT2D eigenvalue weighted by atomic mass is 9.65. The van der Waals surface area contributed by atoms with Crippen LogP contribution in [0, 0.1) is 37.5 Å². The van der Waals surface area contributed by atoms with E-state index in [-0.39, 0.29) is 71.4 Å². The van der Waals surface area contributed by atoms with Crippen LogP contribution in [-0.4, -0.2) is 71.8 Å². The molecule has 0 radical (unpaired) electrons. The molecule has 2 aromatic carbocycles. The van der Waals surface area contributed by atoms with Crippen molar-refractivity contribution < 1.29 is 42.9 Å². The van der Waals surface area contributed by atoms with Gasteiger partial charge in [0.15, 0.2) is 14.2 Å². The minimum absolute atomic E-state index is 0.0372. The quantitative estimate of drug-likeness (QED) is 0.0382. The van der Waals surface area contributed by atoms with Crippen molar-refractivity contribution >= 4 is 55.3 Å². The van der Waals surface area contributed by atoms with E-state index < -0.39 is 42.9 Å². The van der Waals surface area contributed by atoms with E-state index in [1.165, 1.54) is 53.4 Å². The summed E-state index contributed by atoms with van der Waals surface area (Å²) in [6, 6.07) is 10.5. The highest BCUT2D eigenvalue weighted by molar-refractivity contribution is 8.13. The molecule has 3 rings (SSSR count). The largest absolute Gasteiger partial charge is 0.456 e. The number of benzene rings is 2. The zero-order valence-electron chi connectivity index (χ0n) is 30.4. The fourth-order valence-corrected chi connectivity index (χ4v) is 6.94. The van der Waals surface area contributed by atoms with Crippen LogP contribution in [0.25, 0.3) is 0 Å². The molecule has 1 N–H and O–H groups in total. The smallest absolute Gasteiger partial charge is 0.407 e. The van der Waals surface area contributed by atoms with Gasteiger partial charge in [0.1, 0.15) is 18.9 Å². The van der Waals surface area contributed by atoms with Crippen LogP contribution in [0.5, 0.6) is 0 Å². The Kier molecular flexibility index (Phi) is 15.1. The number of allylic oxidation sites excluding steroid dienone is 1. The molecule has 1 fully saturated rings. The van der Waals surface area contributed by atoms with Crippen molar-refractivity contribution in [2.45, 2.75) is 73.4 Å². The molecule has 1 aliphatic heterocycles. The Hall–Kier alpha value is -4.61. The van der Waals surface area contributed by atoms with E-state index in [2.05, 4.69) is 5.32 Å². The van der Waals surface area contributed by atoms with Crippen LogP contribution in [0.3, 0.4) is 0 Å². The summed E-state index contributed by atoms with van der Waals surface area (Å²) in [6.45, 7) is 13.6. The Bertz CT molecular complexity index is 1660. The second kappa shape index (κ2) is 18.8. The molecule has 2 amide bonds. The van der Waals surface area contributed by atoms with Gasteiger partial charge in [0, 0.05) is 49.6 Å². The Labute approximate surface area is 308 Å². The maximum atomic E-state index is 14.0. The Morgan fingerprint density at radius 2 is 1.44 bits per heavy atom. The van der Waals surface area contributed by atoms with Crippen LogP contribution in [0.15, 0.2) is 59.8 Å². The SMILES string of the molecule is CC(C)=C(C(=O)OCc1ccc([N+](=O)[O-])cc1)N1C(=O)[C@@H]([C@@H](CO[SiH](C)C)C(C)(C)C)[C@H]1CC(=O)SCCNC(=O)OCc1ccc([N+](=O)[O-])cc1. The first kappa shape index (κ1) is 41.8. The van der Waals surface area contributed by atoms with Gasteiger partial charge in [-0.05, 0) is 79.2 Å². The van der Waals surface area contributed by atoms with Crippen LogP contribution in [0.4, 0.5) is 16.2 Å². The molecule has 0 spiro atoms. The molecule has 52 heavy (non-hydrogen) atoms. The van der Waals surface area contributed by atoms with Gasteiger partial charge in [-0.25, -0.2) is 9.59 Å². The van der Waals surface area contributed by atoms with Crippen LogP contribution in [0.1, 0.15) is 52.2 Å². The number of β-lactam (4-membered cyclic amide) rings is 1. The van der Waals surface area contributed by atoms with Crippen LogP contribution in [-0.2, 0) is 41.5 Å². The number of non-ortho nitro benzene ring substituents is 2. The van der Waals surface area contributed by atoms with E-state index >= 15 is 0 Å². The third-order valence-corrected chi connectivity index (χ3v) is 10.1. The highest BCUT2D eigenvalue weighted by Gasteiger charge is 2.56. The van der Waals surface area contributed by atoms with Crippen LogP contribution < -0.4 is 5.32 Å². The molecule has 1 saturated heterocycles. The second-order valence-corrected chi connectivity index (χ2v) is 17.4. The lowest BCUT2D eigenvalue weighted by Gasteiger charge is -2.53. The van der Waals surface area contributed by atoms with Gasteiger partial charge in [-0.15, -0.1) is 0 Å². The number of thioether (sulfide) groups is 1. The van der Waals surface area contributed by atoms with Crippen molar-refractivity contribution in [3.05, 3.63) is 91.2 Å². The number of nitro benzene ring substituents is 2. The Morgan fingerprint density at radius 1 is 0.923 bits per heavy atom. The average Bonchev–Trinajstić information content (AvgIpc) is 3.07. The van der Waals surface area contributed by atoms with Crippen LogP contribution in [0.2, 0.25) is 13.1 Å². The number of nitro groups is 2. The topological polar surface area (TPSA) is 198 Å². The monoisotopic (exact) mass is 758 g/mol. The summed E-state index contributed by atoms with van der Waals surface area (Å²) in [5.41, 5.74) is 1.09. The Balaban J connectivity index is 1.69. The van der Waals surface area contributed by atoms with Crippen molar-refractivity contribution in [2.24, 2.45) is 17.3 Å². The minimum Gasteiger partial charge on any atom is -0.456 e. The van der Waals surface area contributed by atoms with Gasteiger partial charge in [0.25, 0.3) is 11.4 Å². The summed E-state index contributed by atoms with van der Waals surface area (Å²) in [6.07, 6.45) is -0.784. The highest BCUT2D eigenvalue weighted by atomic mass is 32.2. The van der Waals surface area contributed by atoms with Gasteiger partial charge in [-0.1, -0.05) is 32.5 Å². The summed E-state index contributed by atoms with van der Waals surface area (Å²) >= 11 is 0.981. The fraction of sp³-hybridized carbons (Fsp3) is 0.486. The summed E-state index contributed by atoms with van der Waals surface area (Å²) < 4.78 is 16.8. The number of esters is 1. The van der Waals surface area contributed by atoms with Crippen molar-refractivity contribution in [2.75, 3.05) is 18.9 Å². The number of carbonyl (C=O) groups is 4. The maximum absolute atomic E-state index is 14.0. The molecule has 3 atom stereocenters. The normalized spacial score (nSPS) is 16.1. The molecule has 0 aliphatic carbocycles. The van der Waals surface area contributed by atoms with E-state index in [9.17, 15) is 39.4 Å². The average molecular weight is 759 g/mol. The van der Waals surface area contributed by atoms with Gasteiger partial charge in [0.2, 0.25) is 5.91 Å². The standard InChI is InChI=1S/C35H46N4O11SSi/c1-22(2)31(33(42)48-19-23-8-12-25(13-9-23)38(44)45)37-28(30(32(37)41)27(35(3,4)5)21-50-52(6)7)18-29(40)51-17-16-36-34(43)49-20-24-10-14-26(15-11-24)39(46)47/h8-15,27-28,30,52H,16-21H2,1-7H3,(H,36,43)/t27-,28-,30+/m1/s1. The number of rotatable bonds is 17. The van der Waals surface area contributed by atoms with Gasteiger partial charge < -0.3 is 24.1 Å². The maximum Gasteiger partial charge on any atom is 0.407 e. The summed E-state index contributed by atoms with van der Waals surface area (Å²) in [5.74, 6) is -1.71. The number of amides is 2. The number of alkyl carbamates (subject to hydrolysis) is 1. The van der Waals surface area contributed by atoms with Gasteiger partial charge in [-0.2, -0.15) is 0 Å². The molecule has 1 aliphatic rings. The van der Waals surface area contributed by atoms with Gasteiger partial charge in [0.05, 0.1) is 21.8 Å². The molecule has 0 bridgehead atoms. The molecule has 282 valence electrons. The fourth-order valence-electron chi connectivity index (χ4n) is 5.63. The number of nitrogens with one attached hydrogen (secondary N) is 1. The summed E-state index contributed by atoms with van der Waals surface area (Å²) in [4.78, 5) is 75.3. The zero-order valence-corrected chi connectivity index (χ0v) is 32.4. The van der Waals surface area contributed by atoms with Crippen molar-refractivity contribution in [1.82, 2.24) is 10.2 Å².